The van der Waals surface area contributed by atoms with Crippen LogP contribution in [0.4, 0.5) is 0 Å². The maximum Gasteiger partial charge on any atom is 0.263 e. The number of benzene rings is 2. The molecule has 0 unspecified atom stereocenters. The van der Waals surface area contributed by atoms with Gasteiger partial charge < -0.3 is 27.5 Å². The van der Waals surface area contributed by atoms with E-state index >= 15 is 0 Å². The molecule has 224 valence electrons. The minimum atomic E-state index is 0.203. The van der Waals surface area contributed by atoms with Gasteiger partial charge in [-0.2, -0.15) is 0 Å². The Morgan fingerprint density at radius 1 is 0.909 bits per heavy atom. The molecule has 0 aliphatic heterocycles. The Bertz CT molecular complexity index is 1840. The van der Waals surface area contributed by atoms with Crippen molar-refractivity contribution in [1.29, 1.82) is 0 Å². The molecule has 0 aliphatic carbocycles. The molecule has 0 spiro atoms. The SMILES string of the molecule is CCCc1nnc(/C=C/c2cn(-c3ccccc3)nc2OCc2ccc(OCc3nc(-c4ccco4)oc3C)c(OC)c2)o1. The molecule has 11 heteroatoms. The van der Waals surface area contributed by atoms with Gasteiger partial charge in [0.2, 0.25) is 17.7 Å². The van der Waals surface area contributed by atoms with Crippen LogP contribution in [0.5, 0.6) is 17.4 Å². The molecule has 0 fully saturated rings. The standard InChI is InChI=1S/C33H31N5O6/c1-4-9-30-35-36-31(44-30)16-14-24-19-38(25-10-6-5-7-11-25)37-32(24)42-20-23-13-15-27(29(18-23)39-3)41-21-26-22(2)43-33(34-26)28-12-8-17-40-28/h5-8,10-19H,4,9,20-21H2,1-3H3/b16-14+. The predicted octanol–water partition coefficient (Wildman–Crippen LogP) is 7.10. The number of nitrogens with zero attached hydrogens (tertiary/aromatic N) is 5. The lowest BCUT2D eigenvalue weighted by atomic mass is 10.2. The van der Waals surface area contributed by atoms with Crippen molar-refractivity contribution in [2.75, 3.05) is 7.11 Å². The van der Waals surface area contributed by atoms with Crippen molar-refractivity contribution in [3.05, 3.63) is 107 Å². The smallest absolute Gasteiger partial charge is 0.263 e. The van der Waals surface area contributed by atoms with Gasteiger partial charge in [-0.1, -0.05) is 31.2 Å². The normalized spacial score (nSPS) is 11.3. The quantitative estimate of drug-likeness (QED) is 0.137. The lowest BCUT2D eigenvalue weighted by Crippen LogP contribution is -2.02. The maximum absolute atomic E-state index is 6.20. The fourth-order valence-electron chi connectivity index (χ4n) is 4.41. The molecular formula is C33H31N5O6. The largest absolute Gasteiger partial charge is 0.493 e. The molecule has 4 aromatic heterocycles. The van der Waals surface area contributed by atoms with E-state index in [4.69, 9.17) is 32.6 Å². The first-order valence-corrected chi connectivity index (χ1v) is 14.2. The topological polar surface area (TPSA) is 124 Å². The summed E-state index contributed by atoms with van der Waals surface area (Å²) in [6.07, 6.45) is 8.75. The molecule has 0 saturated heterocycles. The fraction of sp³-hybridized carbons (Fsp3) is 0.212. The van der Waals surface area contributed by atoms with Crippen LogP contribution < -0.4 is 14.2 Å². The van der Waals surface area contributed by atoms with Crippen LogP contribution in [0.25, 0.3) is 29.5 Å². The first-order valence-electron chi connectivity index (χ1n) is 14.2. The molecule has 0 amide bonds. The number of aromatic nitrogens is 5. The number of oxazole rings is 1. The van der Waals surface area contributed by atoms with Crippen molar-refractivity contribution < 1.29 is 27.5 Å². The van der Waals surface area contributed by atoms with Crippen LogP contribution in [-0.2, 0) is 19.6 Å². The third-order valence-electron chi connectivity index (χ3n) is 6.67. The van der Waals surface area contributed by atoms with Crippen LogP contribution in [0.2, 0.25) is 0 Å². The van der Waals surface area contributed by atoms with Gasteiger partial charge in [0.05, 0.1) is 24.6 Å². The van der Waals surface area contributed by atoms with Gasteiger partial charge in [-0.25, -0.2) is 9.67 Å². The number of para-hydroxylation sites is 1. The summed E-state index contributed by atoms with van der Waals surface area (Å²) in [5.41, 5.74) is 3.20. The van der Waals surface area contributed by atoms with E-state index in [2.05, 4.69) is 22.1 Å². The van der Waals surface area contributed by atoms with Crippen molar-refractivity contribution >= 4 is 12.2 Å². The van der Waals surface area contributed by atoms with Gasteiger partial charge in [0, 0.05) is 18.7 Å². The highest BCUT2D eigenvalue weighted by Gasteiger charge is 2.16. The summed E-state index contributed by atoms with van der Waals surface area (Å²) in [5.74, 6) is 4.24. The lowest BCUT2D eigenvalue weighted by molar-refractivity contribution is 0.275. The van der Waals surface area contributed by atoms with Crippen molar-refractivity contribution in [2.24, 2.45) is 0 Å². The Morgan fingerprint density at radius 3 is 2.59 bits per heavy atom. The highest BCUT2D eigenvalue weighted by atomic mass is 16.5. The Balaban J connectivity index is 1.16. The molecule has 0 N–H and O–H groups in total. The Labute approximate surface area is 253 Å². The number of hydrogen-bond donors (Lipinski definition) is 0. The van der Waals surface area contributed by atoms with E-state index in [0.717, 1.165) is 29.7 Å². The third-order valence-corrected chi connectivity index (χ3v) is 6.67. The van der Waals surface area contributed by atoms with Crippen LogP contribution in [0, 0.1) is 6.92 Å². The maximum atomic E-state index is 6.20. The molecule has 0 atom stereocenters. The zero-order valence-electron chi connectivity index (χ0n) is 24.6. The number of aryl methyl sites for hydroxylation is 2. The van der Waals surface area contributed by atoms with Crippen LogP contribution >= 0.6 is 0 Å². The van der Waals surface area contributed by atoms with Crippen molar-refractivity contribution in [3.63, 3.8) is 0 Å². The van der Waals surface area contributed by atoms with Gasteiger partial charge in [0.25, 0.3) is 5.89 Å². The Kier molecular flexibility index (Phi) is 8.53. The summed E-state index contributed by atoms with van der Waals surface area (Å²) in [7, 11) is 1.59. The lowest BCUT2D eigenvalue weighted by Gasteiger charge is -2.12. The van der Waals surface area contributed by atoms with E-state index < -0.39 is 0 Å². The predicted molar refractivity (Wildman–Crippen MR) is 161 cm³/mol. The fourth-order valence-corrected chi connectivity index (χ4v) is 4.41. The van der Waals surface area contributed by atoms with Crippen LogP contribution in [0.1, 0.15) is 47.7 Å². The second-order valence-corrected chi connectivity index (χ2v) is 9.85. The van der Waals surface area contributed by atoms with E-state index in [1.54, 1.807) is 36.3 Å². The van der Waals surface area contributed by atoms with Gasteiger partial charge in [-0.3, -0.25) is 0 Å². The van der Waals surface area contributed by atoms with Gasteiger partial charge in [-0.05, 0) is 61.4 Å². The summed E-state index contributed by atoms with van der Waals surface area (Å²) in [6.45, 7) is 4.36. The number of methoxy groups -OCH3 is 1. The van der Waals surface area contributed by atoms with Crippen LogP contribution in [-0.4, -0.2) is 32.1 Å². The van der Waals surface area contributed by atoms with Gasteiger partial charge in [-0.15, -0.1) is 15.3 Å². The molecule has 2 aromatic carbocycles. The summed E-state index contributed by atoms with van der Waals surface area (Å²) in [4.78, 5) is 4.51. The molecule has 0 radical (unpaired) electrons. The second kappa shape index (κ2) is 13.2. The highest BCUT2D eigenvalue weighted by molar-refractivity contribution is 5.68. The molecule has 4 heterocycles. The van der Waals surface area contributed by atoms with E-state index in [0.29, 0.717) is 52.3 Å². The molecule has 0 saturated carbocycles. The van der Waals surface area contributed by atoms with Crippen LogP contribution in [0.3, 0.4) is 0 Å². The summed E-state index contributed by atoms with van der Waals surface area (Å²) in [5, 5.41) is 12.9. The minimum absolute atomic E-state index is 0.203. The summed E-state index contributed by atoms with van der Waals surface area (Å²) < 4.78 is 36.4. The monoisotopic (exact) mass is 593 g/mol. The van der Waals surface area contributed by atoms with E-state index in [9.17, 15) is 0 Å². The third kappa shape index (κ3) is 6.57. The zero-order chi connectivity index (χ0) is 30.3. The number of furan rings is 1. The molecule has 6 aromatic rings. The van der Waals surface area contributed by atoms with Gasteiger partial charge >= 0.3 is 0 Å². The Hall–Kier alpha value is -5.58. The molecular weight excluding hydrogens is 562 g/mol. The molecule has 44 heavy (non-hydrogen) atoms. The van der Waals surface area contributed by atoms with E-state index in [1.165, 1.54) is 0 Å². The van der Waals surface area contributed by atoms with Crippen molar-refractivity contribution in [3.8, 4) is 34.7 Å². The average Bonchev–Trinajstić information content (AvgIpc) is 3.87. The number of ether oxygens (including phenoxy) is 3. The molecule has 6 rings (SSSR count). The highest BCUT2D eigenvalue weighted by Crippen LogP contribution is 2.31. The molecule has 0 aliphatic rings. The zero-order valence-corrected chi connectivity index (χ0v) is 24.6. The van der Waals surface area contributed by atoms with E-state index in [-0.39, 0.29) is 13.2 Å². The van der Waals surface area contributed by atoms with Gasteiger partial charge in [0.1, 0.15) is 24.7 Å². The Morgan fingerprint density at radius 2 is 1.80 bits per heavy atom. The number of rotatable bonds is 13. The number of hydrogen-bond acceptors (Lipinski definition) is 10. The second-order valence-electron chi connectivity index (χ2n) is 9.85. The summed E-state index contributed by atoms with van der Waals surface area (Å²) in [6, 6.07) is 19.0. The summed E-state index contributed by atoms with van der Waals surface area (Å²) >= 11 is 0. The first kappa shape index (κ1) is 28.5. The average molecular weight is 594 g/mol. The van der Waals surface area contributed by atoms with Gasteiger partial charge in [0.15, 0.2) is 17.3 Å². The van der Waals surface area contributed by atoms with Crippen molar-refractivity contribution in [1.82, 2.24) is 25.0 Å². The first-order chi connectivity index (χ1) is 21.6. The van der Waals surface area contributed by atoms with Crippen LogP contribution in [0.15, 0.2) is 86.4 Å². The minimum Gasteiger partial charge on any atom is -0.493 e. The molecule has 11 nitrogen and oxygen atoms in total. The van der Waals surface area contributed by atoms with Crippen molar-refractivity contribution in [2.45, 2.75) is 39.9 Å². The molecule has 0 bridgehead atoms. The van der Waals surface area contributed by atoms with E-state index in [1.807, 2.05) is 67.7 Å².